The van der Waals surface area contributed by atoms with Crippen LogP contribution in [0.4, 0.5) is 5.95 Å². The van der Waals surface area contributed by atoms with E-state index in [0.717, 1.165) is 28.1 Å². The van der Waals surface area contributed by atoms with Crippen LogP contribution in [0.1, 0.15) is 30.8 Å². The zero-order chi connectivity index (χ0) is 20.3. The van der Waals surface area contributed by atoms with E-state index in [1.165, 1.54) is 0 Å². The van der Waals surface area contributed by atoms with Crippen LogP contribution in [0.5, 0.6) is 0 Å². The summed E-state index contributed by atoms with van der Waals surface area (Å²) < 4.78 is 0. The van der Waals surface area contributed by atoms with Gasteiger partial charge in [-0.05, 0) is 36.6 Å². The van der Waals surface area contributed by atoms with Crippen molar-refractivity contribution in [1.82, 2.24) is 9.97 Å². The number of nitrogens with zero attached hydrogens (tertiary/aromatic N) is 2. The van der Waals surface area contributed by atoms with E-state index in [-0.39, 0.29) is 0 Å². The molecule has 0 spiro atoms. The van der Waals surface area contributed by atoms with Gasteiger partial charge in [0.25, 0.3) is 0 Å². The Bertz CT molecular complexity index is 964. The number of hydrogen-bond acceptors (Lipinski definition) is 4. The Morgan fingerprint density at radius 3 is 2.14 bits per heavy atom. The molecular weight excluding hydrogens is 350 g/mol. The highest BCUT2D eigenvalue weighted by Crippen LogP contribution is 2.32. The molecular formula is C23H25N3O2. The summed E-state index contributed by atoms with van der Waals surface area (Å²) in [4.78, 5) is 20.8. The fourth-order valence-corrected chi connectivity index (χ4v) is 3.37. The zero-order valence-electron chi connectivity index (χ0n) is 16.6. The summed E-state index contributed by atoms with van der Waals surface area (Å²) in [5, 5.41) is 13.0. The Morgan fingerprint density at radius 1 is 0.929 bits per heavy atom. The zero-order valence-corrected chi connectivity index (χ0v) is 16.6. The molecule has 0 bridgehead atoms. The number of benzene rings is 2. The molecule has 3 rings (SSSR count). The Labute approximate surface area is 165 Å². The van der Waals surface area contributed by atoms with E-state index in [9.17, 15) is 9.90 Å². The Kier molecular flexibility index (Phi) is 5.45. The van der Waals surface area contributed by atoms with Crippen LogP contribution in [0.2, 0.25) is 0 Å². The molecule has 2 N–H and O–H groups in total. The second-order valence-electron chi connectivity index (χ2n) is 7.56. The van der Waals surface area contributed by atoms with Gasteiger partial charge in [0.05, 0.1) is 0 Å². The van der Waals surface area contributed by atoms with Crippen LogP contribution in [0, 0.1) is 13.8 Å². The first-order valence-electron chi connectivity index (χ1n) is 9.25. The predicted octanol–water partition coefficient (Wildman–Crippen LogP) is 4.60. The number of aliphatic carboxylic acids is 1. The summed E-state index contributed by atoms with van der Waals surface area (Å²) >= 11 is 0. The van der Waals surface area contributed by atoms with Gasteiger partial charge in [-0.15, -0.1) is 0 Å². The second-order valence-corrected chi connectivity index (χ2v) is 7.56. The normalized spacial score (nSPS) is 12.4. The van der Waals surface area contributed by atoms with Crippen LogP contribution in [0.3, 0.4) is 0 Å². The fourth-order valence-electron chi connectivity index (χ4n) is 3.37. The number of aromatic nitrogens is 2. The van der Waals surface area contributed by atoms with Gasteiger partial charge in [-0.3, -0.25) is 0 Å². The smallest absolute Gasteiger partial charge is 0.327 e. The minimum absolute atomic E-state index is 0.331. The van der Waals surface area contributed by atoms with Crippen LogP contribution in [0.25, 0.3) is 11.1 Å². The molecule has 5 nitrogen and oxygen atoms in total. The minimum Gasteiger partial charge on any atom is -0.480 e. The van der Waals surface area contributed by atoms with Gasteiger partial charge >= 0.3 is 5.97 Å². The number of carboxylic acid groups (broad SMARTS) is 1. The van der Waals surface area contributed by atoms with Gasteiger partial charge in [-0.25, -0.2) is 14.8 Å². The fraction of sp³-hybridized carbons (Fsp3) is 0.261. The van der Waals surface area contributed by atoms with Gasteiger partial charge in [-0.1, -0.05) is 68.4 Å². The van der Waals surface area contributed by atoms with Crippen molar-refractivity contribution in [3.63, 3.8) is 0 Å². The van der Waals surface area contributed by atoms with Crippen LogP contribution in [-0.2, 0) is 10.2 Å². The van der Waals surface area contributed by atoms with Crippen molar-refractivity contribution in [3.8, 4) is 11.1 Å². The largest absolute Gasteiger partial charge is 0.480 e. The minimum atomic E-state index is -0.946. The van der Waals surface area contributed by atoms with Crippen molar-refractivity contribution in [2.24, 2.45) is 0 Å². The molecule has 0 amide bonds. The molecule has 1 aromatic heterocycles. The van der Waals surface area contributed by atoms with Gasteiger partial charge in [0.2, 0.25) is 5.95 Å². The van der Waals surface area contributed by atoms with Crippen LogP contribution in [-0.4, -0.2) is 27.1 Å². The van der Waals surface area contributed by atoms with Crippen molar-refractivity contribution in [2.45, 2.75) is 39.2 Å². The topological polar surface area (TPSA) is 75.1 Å². The molecule has 0 aliphatic heterocycles. The van der Waals surface area contributed by atoms with Crippen molar-refractivity contribution < 1.29 is 9.90 Å². The Balaban J connectivity index is 1.97. The number of nitrogens with one attached hydrogen (secondary N) is 1. The molecule has 1 unspecified atom stereocenters. The summed E-state index contributed by atoms with van der Waals surface area (Å²) in [6.45, 7) is 7.57. The molecule has 0 saturated heterocycles. The molecule has 0 aliphatic rings. The number of anilines is 1. The standard InChI is InChI=1S/C23H25N3O2/c1-15-13-16(2)25-22(24-15)26-20(21(27)28)23(3,4)19-12-8-11-18(14-19)17-9-6-5-7-10-17/h5-14,20H,1-4H3,(H,27,28)(H,24,25,26). The van der Waals surface area contributed by atoms with Crippen molar-refractivity contribution in [1.29, 1.82) is 0 Å². The molecule has 3 aromatic rings. The van der Waals surface area contributed by atoms with Gasteiger partial charge in [0, 0.05) is 16.8 Å². The van der Waals surface area contributed by atoms with E-state index in [1.54, 1.807) is 0 Å². The Morgan fingerprint density at radius 2 is 1.54 bits per heavy atom. The lowest BCUT2D eigenvalue weighted by atomic mass is 9.77. The third kappa shape index (κ3) is 4.19. The van der Waals surface area contributed by atoms with Crippen LogP contribution >= 0.6 is 0 Å². The summed E-state index contributed by atoms with van der Waals surface area (Å²) in [5.74, 6) is -0.616. The van der Waals surface area contributed by atoms with Crippen molar-refractivity contribution in [2.75, 3.05) is 5.32 Å². The molecule has 2 aromatic carbocycles. The summed E-state index contributed by atoms with van der Waals surface area (Å²) in [5.41, 5.74) is 3.97. The van der Waals surface area contributed by atoms with Gasteiger partial charge < -0.3 is 10.4 Å². The monoisotopic (exact) mass is 375 g/mol. The maximum atomic E-state index is 12.1. The molecule has 1 atom stereocenters. The van der Waals surface area contributed by atoms with Gasteiger partial charge in [0.1, 0.15) is 6.04 Å². The molecule has 0 saturated carbocycles. The highest BCUT2D eigenvalue weighted by molar-refractivity contribution is 5.79. The maximum absolute atomic E-state index is 12.1. The molecule has 0 radical (unpaired) electrons. The highest BCUT2D eigenvalue weighted by Gasteiger charge is 2.37. The predicted molar refractivity (Wildman–Crippen MR) is 111 cm³/mol. The molecule has 0 fully saturated rings. The summed E-state index contributed by atoms with van der Waals surface area (Å²) in [6, 6.07) is 19.0. The first-order valence-corrected chi connectivity index (χ1v) is 9.25. The van der Waals surface area contributed by atoms with Gasteiger partial charge in [0.15, 0.2) is 0 Å². The Hall–Kier alpha value is -3.21. The lowest BCUT2D eigenvalue weighted by Gasteiger charge is -2.33. The molecule has 5 heteroatoms. The molecule has 144 valence electrons. The average Bonchev–Trinajstić information content (AvgIpc) is 2.66. The third-order valence-corrected chi connectivity index (χ3v) is 4.94. The second kappa shape index (κ2) is 7.80. The number of carbonyl (C=O) groups is 1. The number of hydrogen-bond donors (Lipinski definition) is 2. The van der Waals surface area contributed by atoms with E-state index < -0.39 is 17.4 Å². The quantitative estimate of drug-likeness (QED) is 0.658. The third-order valence-electron chi connectivity index (χ3n) is 4.94. The number of carboxylic acids is 1. The number of aryl methyl sites for hydroxylation is 2. The van der Waals surface area contributed by atoms with E-state index in [4.69, 9.17) is 0 Å². The van der Waals surface area contributed by atoms with Crippen molar-refractivity contribution in [3.05, 3.63) is 77.6 Å². The maximum Gasteiger partial charge on any atom is 0.327 e. The summed E-state index contributed by atoms with van der Waals surface area (Å²) in [6.07, 6.45) is 0. The lowest BCUT2D eigenvalue weighted by Crippen LogP contribution is -2.46. The van der Waals surface area contributed by atoms with Crippen molar-refractivity contribution >= 4 is 11.9 Å². The van der Waals surface area contributed by atoms with E-state index in [1.807, 2.05) is 82.3 Å². The SMILES string of the molecule is Cc1cc(C)nc(NC(C(=O)O)C(C)(C)c2cccc(-c3ccccc3)c2)n1. The van der Waals surface area contributed by atoms with Crippen LogP contribution < -0.4 is 5.32 Å². The van der Waals surface area contributed by atoms with E-state index >= 15 is 0 Å². The lowest BCUT2D eigenvalue weighted by molar-refractivity contribution is -0.139. The highest BCUT2D eigenvalue weighted by atomic mass is 16.4. The van der Waals surface area contributed by atoms with E-state index in [0.29, 0.717) is 5.95 Å². The first kappa shape index (κ1) is 19.5. The number of rotatable bonds is 6. The van der Waals surface area contributed by atoms with E-state index in [2.05, 4.69) is 21.4 Å². The molecule has 1 heterocycles. The molecule has 0 aliphatic carbocycles. The van der Waals surface area contributed by atoms with Gasteiger partial charge in [-0.2, -0.15) is 0 Å². The molecule has 28 heavy (non-hydrogen) atoms. The first-order chi connectivity index (χ1) is 13.3. The average molecular weight is 375 g/mol. The summed E-state index contributed by atoms with van der Waals surface area (Å²) in [7, 11) is 0. The van der Waals surface area contributed by atoms with Crippen LogP contribution in [0.15, 0.2) is 60.7 Å².